The van der Waals surface area contributed by atoms with Crippen LogP contribution in [0.2, 0.25) is 0 Å². The number of carbonyl (C=O) groups excluding carboxylic acids is 1. The molecule has 5 heteroatoms. The third-order valence-corrected chi connectivity index (χ3v) is 6.33. The van der Waals surface area contributed by atoms with E-state index in [9.17, 15) is 14.7 Å². The number of aliphatic carboxylic acids is 1. The fourth-order valence-corrected chi connectivity index (χ4v) is 4.81. The fourth-order valence-electron chi connectivity index (χ4n) is 4.81. The van der Waals surface area contributed by atoms with Crippen LogP contribution in [0, 0.1) is 35.5 Å². The molecule has 2 unspecified atom stereocenters. The van der Waals surface area contributed by atoms with E-state index in [4.69, 9.17) is 9.84 Å². The van der Waals surface area contributed by atoms with Crippen molar-refractivity contribution in [2.45, 2.75) is 64.3 Å². The maximum atomic E-state index is 12.4. The average Bonchev–Trinajstić information content (AvgIpc) is 3.19. The molecule has 1 aliphatic heterocycles. The molecule has 29 heavy (non-hydrogen) atoms. The summed E-state index contributed by atoms with van der Waals surface area (Å²) in [4.78, 5) is 23.2. The van der Waals surface area contributed by atoms with Crippen molar-refractivity contribution >= 4 is 11.8 Å². The maximum Gasteiger partial charge on any atom is 0.303 e. The number of fused-ring (bicyclic) bond motifs is 3. The van der Waals surface area contributed by atoms with Crippen LogP contribution in [0.1, 0.15) is 46.0 Å². The SMILES string of the molecule is CC#CC[C@@H](C)C(=O)/C=C/[C@H]1[C@@H]2C3C=CC=C(CCCC(=O)O)C3O[C@@H]2C[C@@H]1O. The van der Waals surface area contributed by atoms with Crippen molar-refractivity contribution in [3.63, 3.8) is 0 Å². The van der Waals surface area contributed by atoms with E-state index < -0.39 is 12.1 Å². The first-order chi connectivity index (χ1) is 13.9. The summed E-state index contributed by atoms with van der Waals surface area (Å²) < 4.78 is 6.30. The van der Waals surface area contributed by atoms with Crippen molar-refractivity contribution in [2.75, 3.05) is 0 Å². The molecule has 0 aromatic carbocycles. The van der Waals surface area contributed by atoms with Crippen molar-refractivity contribution in [3.05, 3.63) is 36.0 Å². The molecule has 2 fully saturated rings. The monoisotopic (exact) mass is 398 g/mol. The van der Waals surface area contributed by atoms with Crippen LogP contribution in [-0.2, 0) is 14.3 Å². The molecule has 156 valence electrons. The van der Waals surface area contributed by atoms with Crippen LogP contribution in [0.3, 0.4) is 0 Å². The van der Waals surface area contributed by atoms with Crippen LogP contribution in [0.4, 0.5) is 0 Å². The molecule has 5 nitrogen and oxygen atoms in total. The van der Waals surface area contributed by atoms with Gasteiger partial charge in [-0.05, 0) is 31.4 Å². The minimum atomic E-state index is -0.783. The number of aliphatic hydroxyl groups excluding tert-OH is 1. The molecule has 1 heterocycles. The zero-order valence-corrected chi connectivity index (χ0v) is 17.1. The molecule has 0 radical (unpaired) electrons. The summed E-state index contributed by atoms with van der Waals surface area (Å²) in [5.74, 6) is 5.01. The number of aliphatic hydroxyl groups is 1. The first-order valence-electron chi connectivity index (χ1n) is 10.5. The number of allylic oxidation sites excluding steroid dienone is 3. The van der Waals surface area contributed by atoms with Gasteiger partial charge in [-0.15, -0.1) is 11.8 Å². The Bertz CT molecular complexity index is 781. The predicted octanol–water partition coefficient (Wildman–Crippen LogP) is 3.29. The van der Waals surface area contributed by atoms with Gasteiger partial charge in [-0.3, -0.25) is 9.59 Å². The Morgan fingerprint density at radius 3 is 2.93 bits per heavy atom. The Balaban J connectivity index is 1.67. The number of carboxylic acids is 1. The van der Waals surface area contributed by atoms with Crippen molar-refractivity contribution in [1.82, 2.24) is 0 Å². The van der Waals surface area contributed by atoms with Gasteiger partial charge in [0, 0.05) is 42.9 Å². The van der Waals surface area contributed by atoms with Gasteiger partial charge in [-0.2, -0.15) is 0 Å². The van der Waals surface area contributed by atoms with Crippen molar-refractivity contribution in [3.8, 4) is 11.8 Å². The van der Waals surface area contributed by atoms with E-state index in [-0.39, 0.29) is 48.1 Å². The number of ether oxygens (including phenoxy) is 1. The van der Waals surface area contributed by atoms with Crippen LogP contribution >= 0.6 is 0 Å². The van der Waals surface area contributed by atoms with Crippen LogP contribution in [0.5, 0.6) is 0 Å². The summed E-state index contributed by atoms with van der Waals surface area (Å²) in [5.41, 5.74) is 1.13. The number of ketones is 1. The summed E-state index contributed by atoms with van der Waals surface area (Å²) in [5, 5.41) is 19.5. The van der Waals surface area contributed by atoms with Gasteiger partial charge in [0.25, 0.3) is 0 Å². The zero-order chi connectivity index (χ0) is 21.0. The fraction of sp³-hybridized carbons (Fsp3) is 0.583. The highest BCUT2D eigenvalue weighted by molar-refractivity contribution is 5.91. The van der Waals surface area contributed by atoms with Crippen molar-refractivity contribution in [2.24, 2.45) is 23.7 Å². The van der Waals surface area contributed by atoms with Crippen LogP contribution < -0.4 is 0 Å². The lowest BCUT2D eigenvalue weighted by Crippen LogP contribution is -2.29. The van der Waals surface area contributed by atoms with Crippen molar-refractivity contribution in [1.29, 1.82) is 0 Å². The Morgan fingerprint density at radius 1 is 1.41 bits per heavy atom. The minimum absolute atomic E-state index is 0.0345. The summed E-state index contributed by atoms with van der Waals surface area (Å²) in [6.45, 7) is 3.64. The summed E-state index contributed by atoms with van der Waals surface area (Å²) >= 11 is 0. The molecule has 2 aliphatic carbocycles. The van der Waals surface area contributed by atoms with E-state index in [0.29, 0.717) is 25.7 Å². The molecule has 7 atom stereocenters. The first-order valence-corrected chi connectivity index (χ1v) is 10.5. The van der Waals surface area contributed by atoms with E-state index in [2.05, 4.69) is 17.9 Å². The number of rotatable bonds is 8. The number of carbonyl (C=O) groups is 2. The van der Waals surface area contributed by atoms with Gasteiger partial charge in [-0.1, -0.05) is 31.2 Å². The lowest BCUT2D eigenvalue weighted by molar-refractivity contribution is -0.137. The molecule has 3 aliphatic rings. The second-order valence-corrected chi connectivity index (χ2v) is 8.30. The Kier molecular flexibility index (Phi) is 7.10. The third kappa shape index (κ3) is 4.88. The van der Waals surface area contributed by atoms with E-state index in [1.807, 2.05) is 25.2 Å². The first kappa shape index (κ1) is 21.5. The Hall–Kier alpha value is -2.16. The quantitative estimate of drug-likeness (QED) is 0.484. The van der Waals surface area contributed by atoms with E-state index in [0.717, 1.165) is 5.57 Å². The van der Waals surface area contributed by atoms with E-state index in [1.165, 1.54) is 0 Å². The normalized spacial score (nSPS) is 33.6. The molecule has 0 aromatic heterocycles. The van der Waals surface area contributed by atoms with Crippen LogP contribution in [0.25, 0.3) is 0 Å². The maximum absolute atomic E-state index is 12.4. The molecule has 0 amide bonds. The zero-order valence-electron chi connectivity index (χ0n) is 17.1. The average molecular weight is 398 g/mol. The van der Waals surface area contributed by atoms with Gasteiger partial charge in [0.05, 0.1) is 18.3 Å². The summed E-state index contributed by atoms with van der Waals surface area (Å²) in [6.07, 6.45) is 11.6. The predicted molar refractivity (Wildman–Crippen MR) is 110 cm³/mol. The standard InChI is InChI=1S/C24H30O5/c1-3-4-7-15(2)19(25)13-12-17-20(26)14-21-23(17)18-10-5-8-16(24(18)29-21)9-6-11-22(27)28/h5,8,10,12-13,15,17-18,20-21,23-24,26H,6-7,9,11,14H2,1-2H3,(H,27,28)/b13-12+/t15-,17-,18?,20+,21-,23-,24?/m1/s1. The van der Waals surface area contributed by atoms with Gasteiger partial charge in [0.1, 0.15) is 0 Å². The number of carboxylic acid groups (broad SMARTS) is 1. The van der Waals surface area contributed by atoms with E-state index >= 15 is 0 Å². The molecule has 1 saturated heterocycles. The van der Waals surface area contributed by atoms with Gasteiger partial charge in [-0.25, -0.2) is 0 Å². The second kappa shape index (κ2) is 9.56. The number of hydrogen-bond acceptors (Lipinski definition) is 4. The third-order valence-electron chi connectivity index (χ3n) is 6.33. The molecule has 0 bridgehead atoms. The smallest absolute Gasteiger partial charge is 0.303 e. The highest BCUT2D eigenvalue weighted by atomic mass is 16.5. The molecule has 1 saturated carbocycles. The Labute approximate surface area is 172 Å². The summed E-state index contributed by atoms with van der Waals surface area (Å²) in [6, 6.07) is 0. The van der Waals surface area contributed by atoms with Gasteiger partial charge in [0.2, 0.25) is 0 Å². The van der Waals surface area contributed by atoms with E-state index in [1.54, 1.807) is 13.0 Å². The second-order valence-electron chi connectivity index (χ2n) is 8.30. The van der Waals surface area contributed by atoms with Gasteiger partial charge >= 0.3 is 5.97 Å². The minimum Gasteiger partial charge on any atom is -0.481 e. The Morgan fingerprint density at radius 2 is 2.21 bits per heavy atom. The molecule has 0 spiro atoms. The topological polar surface area (TPSA) is 83.8 Å². The molecule has 3 rings (SSSR count). The highest BCUT2D eigenvalue weighted by Gasteiger charge is 2.54. The number of hydrogen-bond donors (Lipinski definition) is 2. The van der Waals surface area contributed by atoms with Gasteiger partial charge < -0.3 is 14.9 Å². The molecule has 0 aromatic rings. The molecular formula is C24H30O5. The van der Waals surface area contributed by atoms with Crippen molar-refractivity contribution < 1.29 is 24.5 Å². The van der Waals surface area contributed by atoms with Crippen LogP contribution in [0.15, 0.2) is 36.0 Å². The van der Waals surface area contributed by atoms with Crippen LogP contribution in [-0.4, -0.2) is 40.3 Å². The highest BCUT2D eigenvalue weighted by Crippen LogP contribution is 2.51. The van der Waals surface area contributed by atoms with Gasteiger partial charge in [0.15, 0.2) is 5.78 Å². The largest absolute Gasteiger partial charge is 0.481 e. The molecule has 2 N–H and O–H groups in total. The lowest BCUT2D eigenvalue weighted by atomic mass is 9.76. The summed E-state index contributed by atoms with van der Waals surface area (Å²) in [7, 11) is 0. The molecular weight excluding hydrogens is 368 g/mol. The lowest BCUT2D eigenvalue weighted by Gasteiger charge is -2.28.